The molecule has 0 aliphatic carbocycles. The molecule has 0 bridgehead atoms. The third-order valence-electron chi connectivity index (χ3n) is 3.49. The van der Waals surface area contributed by atoms with E-state index in [0.717, 1.165) is 18.4 Å². The highest BCUT2D eigenvalue weighted by Crippen LogP contribution is 2.07. The van der Waals surface area contributed by atoms with Crippen molar-refractivity contribution in [1.82, 2.24) is 10.6 Å². The standard InChI is InChI=1S/C15H21N3O2/c16-12(10-11-6-2-1-3-7-11)14(19)18-13-8-4-5-9-17-15(13)20/h1-3,6-7,12-13H,4-5,8-10,16H2,(H,17,20)(H,18,19). The summed E-state index contributed by atoms with van der Waals surface area (Å²) >= 11 is 0. The molecule has 1 aliphatic heterocycles. The van der Waals surface area contributed by atoms with Crippen LogP contribution < -0.4 is 16.4 Å². The Hall–Kier alpha value is -1.88. The van der Waals surface area contributed by atoms with Crippen LogP contribution in [0.3, 0.4) is 0 Å². The van der Waals surface area contributed by atoms with Crippen molar-refractivity contribution in [3.63, 3.8) is 0 Å². The van der Waals surface area contributed by atoms with Crippen LogP contribution in [0.25, 0.3) is 0 Å². The van der Waals surface area contributed by atoms with Gasteiger partial charge in [-0.25, -0.2) is 0 Å². The van der Waals surface area contributed by atoms with Gasteiger partial charge in [-0.1, -0.05) is 30.3 Å². The second kappa shape index (κ2) is 7.05. The van der Waals surface area contributed by atoms with Crippen molar-refractivity contribution in [1.29, 1.82) is 0 Å². The number of carbonyl (C=O) groups is 2. The molecule has 20 heavy (non-hydrogen) atoms. The van der Waals surface area contributed by atoms with Crippen molar-refractivity contribution in [3.8, 4) is 0 Å². The number of benzene rings is 1. The molecule has 0 spiro atoms. The van der Waals surface area contributed by atoms with Crippen molar-refractivity contribution in [3.05, 3.63) is 35.9 Å². The second-order valence-electron chi connectivity index (χ2n) is 5.14. The van der Waals surface area contributed by atoms with Gasteiger partial charge in [0.2, 0.25) is 11.8 Å². The number of nitrogens with two attached hydrogens (primary N) is 1. The van der Waals surface area contributed by atoms with E-state index in [9.17, 15) is 9.59 Å². The largest absolute Gasteiger partial charge is 0.354 e. The van der Waals surface area contributed by atoms with E-state index in [1.807, 2.05) is 30.3 Å². The van der Waals surface area contributed by atoms with Crippen molar-refractivity contribution in [2.45, 2.75) is 37.8 Å². The Bertz CT molecular complexity index is 461. The molecule has 2 unspecified atom stereocenters. The summed E-state index contributed by atoms with van der Waals surface area (Å²) in [6, 6.07) is 8.54. The minimum absolute atomic E-state index is 0.109. The molecule has 5 nitrogen and oxygen atoms in total. The van der Waals surface area contributed by atoms with Crippen LogP contribution >= 0.6 is 0 Å². The lowest BCUT2D eigenvalue weighted by Crippen LogP contribution is -2.51. The van der Waals surface area contributed by atoms with Crippen LogP contribution in [-0.2, 0) is 16.0 Å². The van der Waals surface area contributed by atoms with E-state index in [1.54, 1.807) is 0 Å². The summed E-state index contributed by atoms with van der Waals surface area (Å²) in [7, 11) is 0. The molecule has 1 heterocycles. The van der Waals surface area contributed by atoms with E-state index in [0.29, 0.717) is 19.4 Å². The first-order chi connectivity index (χ1) is 9.66. The number of nitrogens with one attached hydrogen (secondary N) is 2. The van der Waals surface area contributed by atoms with E-state index in [4.69, 9.17) is 5.73 Å². The summed E-state index contributed by atoms with van der Waals surface area (Å²) in [5, 5.41) is 5.55. The summed E-state index contributed by atoms with van der Waals surface area (Å²) in [6.45, 7) is 0.682. The maximum absolute atomic E-state index is 12.1. The smallest absolute Gasteiger partial charge is 0.242 e. The first-order valence-corrected chi connectivity index (χ1v) is 7.04. The lowest BCUT2D eigenvalue weighted by atomic mass is 10.0. The molecule has 1 fully saturated rings. The monoisotopic (exact) mass is 275 g/mol. The van der Waals surface area contributed by atoms with Gasteiger partial charge in [-0.3, -0.25) is 9.59 Å². The number of rotatable bonds is 4. The van der Waals surface area contributed by atoms with Crippen molar-refractivity contribution in [2.24, 2.45) is 5.73 Å². The molecule has 1 aromatic carbocycles. The number of hydrogen-bond donors (Lipinski definition) is 3. The highest BCUT2D eigenvalue weighted by molar-refractivity contribution is 5.89. The maximum atomic E-state index is 12.1. The van der Waals surface area contributed by atoms with E-state index < -0.39 is 12.1 Å². The Morgan fingerprint density at radius 2 is 2.10 bits per heavy atom. The molecular formula is C15H21N3O2. The lowest BCUT2D eigenvalue weighted by molar-refractivity contribution is -0.129. The van der Waals surface area contributed by atoms with Gasteiger partial charge >= 0.3 is 0 Å². The van der Waals surface area contributed by atoms with Crippen LogP contribution in [-0.4, -0.2) is 30.4 Å². The fraction of sp³-hybridized carbons (Fsp3) is 0.467. The molecule has 108 valence electrons. The fourth-order valence-electron chi connectivity index (χ4n) is 2.32. The Morgan fingerprint density at radius 1 is 1.35 bits per heavy atom. The van der Waals surface area contributed by atoms with Crippen molar-refractivity contribution < 1.29 is 9.59 Å². The van der Waals surface area contributed by atoms with Crippen molar-refractivity contribution >= 4 is 11.8 Å². The fourth-order valence-corrected chi connectivity index (χ4v) is 2.32. The number of hydrogen-bond acceptors (Lipinski definition) is 3. The zero-order chi connectivity index (χ0) is 14.4. The quantitative estimate of drug-likeness (QED) is 0.741. The minimum Gasteiger partial charge on any atom is -0.354 e. The summed E-state index contributed by atoms with van der Waals surface area (Å²) in [6.07, 6.45) is 3.03. The summed E-state index contributed by atoms with van der Waals surface area (Å²) in [5.74, 6) is -0.376. The first-order valence-electron chi connectivity index (χ1n) is 7.04. The van der Waals surface area contributed by atoms with Gasteiger partial charge in [0.15, 0.2) is 0 Å². The third kappa shape index (κ3) is 4.06. The Kier molecular flexibility index (Phi) is 5.12. The Labute approximate surface area is 118 Å². The lowest BCUT2D eigenvalue weighted by Gasteiger charge is -2.18. The zero-order valence-electron chi connectivity index (χ0n) is 11.5. The second-order valence-corrected chi connectivity index (χ2v) is 5.14. The summed E-state index contributed by atoms with van der Waals surface area (Å²) in [5.41, 5.74) is 6.92. The molecule has 1 aliphatic rings. The summed E-state index contributed by atoms with van der Waals surface area (Å²) < 4.78 is 0. The molecule has 1 aromatic rings. The average molecular weight is 275 g/mol. The van der Waals surface area contributed by atoms with Crippen LogP contribution in [0.5, 0.6) is 0 Å². The van der Waals surface area contributed by atoms with Crippen LogP contribution in [0.4, 0.5) is 0 Å². The van der Waals surface area contributed by atoms with Crippen LogP contribution in [0.2, 0.25) is 0 Å². The first kappa shape index (κ1) is 14.5. The SMILES string of the molecule is NC(Cc1ccccc1)C(=O)NC1CCCCNC1=O. The van der Waals surface area contributed by atoms with Gasteiger partial charge in [-0.15, -0.1) is 0 Å². The predicted molar refractivity (Wildman–Crippen MR) is 76.9 cm³/mol. The molecule has 0 radical (unpaired) electrons. The van der Waals surface area contributed by atoms with Gasteiger partial charge in [0.25, 0.3) is 0 Å². The Morgan fingerprint density at radius 3 is 2.85 bits per heavy atom. The highest BCUT2D eigenvalue weighted by Gasteiger charge is 2.24. The molecule has 4 N–H and O–H groups in total. The molecule has 1 saturated heterocycles. The topological polar surface area (TPSA) is 84.2 Å². The molecule has 0 saturated carbocycles. The van der Waals surface area contributed by atoms with Gasteiger partial charge in [-0.2, -0.15) is 0 Å². The third-order valence-corrected chi connectivity index (χ3v) is 3.49. The molecule has 0 aromatic heterocycles. The van der Waals surface area contributed by atoms with Gasteiger partial charge in [0, 0.05) is 6.54 Å². The summed E-state index contributed by atoms with van der Waals surface area (Å²) in [4.78, 5) is 23.8. The van der Waals surface area contributed by atoms with Gasteiger partial charge in [-0.05, 0) is 31.2 Å². The van der Waals surface area contributed by atoms with E-state index in [1.165, 1.54) is 0 Å². The minimum atomic E-state index is -0.631. The maximum Gasteiger partial charge on any atom is 0.242 e. The zero-order valence-corrected chi connectivity index (χ0v) is 11.5. The van der Waals surface area contributed by atoms with E-state index in [2.05, 4.69) is 10.6 Å². The van der Waals surface area contributed by atoms with Crippen LogP contribution in [0.1, 0.15) is 24.8 Å². The highest BCUT2D eigenvalue weighted by atomic mass is 16.2. The van der Waals surface area contributed by atoms with Crippen molar-refractivity contribution in [2.75, 3.05) is 6.54 Å². The normalized spacial score (nSPS) is 20.6. The molecular weight excluding hydrogens is 254 g/mol. The van der Waals surface area contributed by atoms with Gasteiger partial charge in [0.1, 0.15) is 6.04 Å². The molecule has 2 amide bonds. The van der Waals surface area contributed by atoms with E-state index in [-0.39, 0.29) is 11.8 Å². The van der Waals surface area contributed by atoms with Gasteiger partial charge in [0.05, 0.1) is 6.04 Å². The Balaban J connectivity index is 1.88. The molecule has 2 atom stereocenters. The number of carbonyl (C=O) groups excluding carboxylic acids is 2. The molecule has 5 heteroatoms. The van der Waals surface area contributed by atoms with E-state index >= 15 is 0 Å². The molecule has 2 rings (SSSR count). The van der Waals surface area contributed by atoms with Gasteiger partial charge < -0.3 is 16.4 Å². The number of amides is 2. The van der Waals surface area contributed by atoms with Crippen LogP contribution in [0, 0.1) is 0 Å². The predicted octanol–water partition coefficient (Wildman–Crippen LogP) is 0.341. The van der Waals surface area contributed by atoms with Crippen LogP contribution in [0.15, 0.2) is 30.3 Å². The average Bonchev–Trinajstić information content (AvgIpc) is 2.65.